The molecule has 2 fully saturated rings. The van der Waals surface area contributed by atoms with E-state index in [1.165, 1.54) is 4.90 Å². The molecule has 9 N–H and O–H groups in total. The van der Waals surface area contributed by atoms with Crippen LogP contribution >= 0.6 is 7.60 Å². The summed E-state index contributed by atoms with van der Waals surface area (Å²) >= 11 is 0. The number of carbonyl (C=O) groups is 9. The average molecular weight is 1250 g/mol. The number of anilines is 1. The van der Waals surface area contributed by atoms with Gasteiger partial charge in [-0.3, -0.25) is 53.0 Å². The van der Waals surface area contributed by atoms with Crippen LogP contribution in [0.5, 0.6) is 0 Å². The third-order valence-corrected chi connectivity index (χ3v) is 17.8. The van der Waals surface area contributed by atoms with Crippen LogP contribution in [0.1, 0.15) is 153 Å². The molecule has 89 heavy (non-hydrogen) atoms. The Morgan fingerprint density at radius 3 is 2.02 bits per heavy atom. The first-order valence-electron chi connectivity index (χ1n) is 30.7. The predicted octanol–water partition coefficient (Wildman–Crippen LogP) is 6.87. The summed E-state index contributed by atoms with van der Waals surface area (Å²) in [5.74, 6) is -3.86. The molecule has 0 radical (unpaired) electrons. The number of aryl methyl sites for hydroxylation is 1. The van der Waals surface area contributed by atoms with E-state index >= 15 is 0 Å². The fourth-order valence-corrected chi connectivity index (χ4v) is 12.0. The van der Waals surface area contributed by atoms with Crippen LogP contribution in [0.2, 0.25) is 0 Å². The Hall–Kier alpha value is -7.72. The molecular formula is C65H83F2N8O13P. The lowest BCUT2D eigenvalue weighted by atomic mass is 9.75. The molecule has 7 rings (SSSR count). The zero-order valence-electron chi connectivity index (χ0n) is 50.8. The van der Waals surface area contributed by atoms with Crippen molar-refractivity contribution in [1.29, 1.82) is 0 Å². The molecular weight excluding hydrogens is 1170 g/mol. The van der Waals surface area contributed by atoms with Gasteiger partial charge in [-0.15, -0.1) is 0 Å². The third kappa shape index (κ3) is 19.4. The molecule has 24 heteroatoms. The number of nitrogens with zero attached hydrogens (tertiary/aromatic N) is 1. The molecule has 1 unspecified atom stereocenters. The molecule has 7 atom stereocenters. The topological polar surface area (TPSA) is 308 Å². The lowest BCUT2D eigenvalue weighted by Gasteiger charge is -2.37. The lowest BCUT2D eigenvalue weighted by Crippen LogP contribution is -2.58. The second-order valence-electron chi connectivity index (χ2n) is 23.8. The number of nitrogens with one attached hydrogen (secondary N) is 7. The van der Waals surface area contributed by atoms with E-state index < -0.39 is 78.4 Å². The minimum absolute atomic E-state index is 0.0196. The van der Waals surface area contributed by atoms with Crippen molar-refractivity contribution in [3.63, 3.8) is 0 Å². The quantitative estimate of drug-likeness (QED) is 0.0141. The van der Waals surface area contributed by atoms with Gasteiger partial charge in [0.2, 0.25) is 41.4 Å². The van der Waals surface area contributed by atoms with Gasteiger partial charge < -0.3 is 51.3 Å². The zero-order chi connectivity index (χ0) is 64.4. The summed E-state index contributed by atoms with van der Waals surface area (Å²) in [6.45, 7) is 8.45. The number of unbranched alkanes of at least 4 members (excludes halogenated alkanes) is 3. The van der Waals surface area contributed by atoms with Crippen molar-refractivity contribution in [2.24, 2.45) is 17.8 Å². The molecule has 2 heterocycles. The molecule has 3 aliphatic rings. The van der Waals surface area contributed by atoms with Crippen molar-refractivity contribution in [3.8, 4) is 0 Å². The molecule has 1 aliphatic carbocycles. The van der Waals surface area contributed by atoms with Crippen molar-refractivity contribution >= 4 is 66.4 Å². The van der Waals surface area contributed by atoms with Gasteiger partial charge >= 0.3 is 13.3 Å². The number of benzene rings is 4. The van der Waals surface area contributed by atoms with Crippen LogP contribution in [0.25, 0.3) is 0 Å². The lowest BCUT2D eigenvalue weighted by molar-refractivity contribution is -0.137. The van der Waals surface area contributed by atoms with E-state index in [0.717, 1.165) is 55.5 Å². The van der Waals surface area contributed by atoms with Gasteiger partial charge in [0, 0.05) is 73.3 Å². The standard InChI is InChI=1S/C65H83F2N8O13P/c1-5-42-22-26-45(27-23-42)59(79)68-34-13-11-18-51(60(80)69-33-12-7-10-20-56(76)70-50-19-14-17-48-49(50)38-75(64(48)84)54-31-32-57(77)74-63(54)83)72-62(82)53(37-44-24-28-46(29-25-44)65(66,67)89(85,86)87)73-61(81)52(36-43-15-8-6-9-16-43)71-58(78)39-88-55-35-41(4)21-30-47(55)40(2)3/h6,8-9,14-17,19,22-29,40-41,47,51-55H,5,7,10-13,18,20-21,30-39H2,1-4H3,(H,68,79)(H,69,80)(H,70,76)(H,71,78)(H,72,82)(H,73,81)(H,74,77,83)(H2,85,86,87)/t41-,47+,51-,52-,53-,54?,55-/m0/s1. The molecule has 2 aliphatic heterocycles. The SMILES string of the molecule is CCc1ccc(C(=O)NCCCC[C@H](NC(=O)[C@H](Cc2ccc(C(F)(F)P(=O)(O)O)cc2)NC(=O)[C@H](Cc2ccccc2)NC(=O)CO[C@H]2C[C@@H](C)CC[C@@H]2C(C)C)C(=O)NCCCCCC(=O)Nc2cccc3c2CN(C2CCC(=O)NC2=O)C3=O)cc1. The van der Waals surface area contributed by atoms with Crippen LogP contribution in [-0.2, 0) is 74.3 Å². The van der Waals surface area contributed by atoms with Crippen molar-refractivity contribution in [1.82, 2.24) is 36.8 Å². The summed E-state index contributed by atoms with van der Waals surface area (Å²) in [6, 6.07) is 20.0. The molecule has 21 nitrogen and oxygen atoms in total. The number of imide groups is 1. The molecule has 1 saturated carbocycles. The zero-order valence-corrected chi connectivity index (χ0v) is 51.7. The largest absolute Gasteiger partial charge is 0.399 e. The van der Waals surface area contributed by atoms with Gasteiger partial charge in [0.25, 0.3) is 11.8 Å². The fourth-order valence-electron chi connectivity index (χ4n) is 11.6. The van der Waals surface area contributed by atoms with E-state index in [-0.39, 0.29) is 100 Å². The fraction of sp³-hybridized carbons (Fsp3) is 0.492. The summed E-state index contributed by atoms with van der Waals surface area (Å²) in [6.07, 6.45) is 5.41. The van der Waals surface area contributed by atoms with Gasteiger partial charge in [0.05, 0.1) is 6.10 Å². The van der Waals surface area contributed by atoms with Crippen molar-refractivity contribution in [3.05, 3.63) is 136 Å². The molecule has 4 aromatic rings. The van der Waals surface area contributed by atoms with Gasteiger partial charge in [-0.1, -0.05) is 113 Å². The number of ether oxygens (including phenoxy) is 1. The highest BCUT2D eigenvalue weighted by Gasteiger charge is 2.50. The van der Waals surface area contributed by atoms with Gasteiger partial charge in [0.1, 0.15) is 30.8 Å². The Labute approximate surface area is 517 Å². The first kappa shape index (κ1) is 68.8. The van der Waals surface area contributed by atoms with E-state index in [1.54, 1.807) is 60.7 Å². The minimum atomic E-state index is -5.95. The van der Waals surface area contributed by atoms with Crippen LogP contribution in [0.4, 0.5) is 14.5 Å². The number of piperidine rings is 1. The number of halogens is 2. The Morgan fingerprint density at radius 2 is 1.36 bits per heavy atom. The molecule has 1 saturated heterocycles. The highest BCUT2D eigenvalue weighted by Crippen LogP contribution is 2.59. The first-order chi connectivity index (χ1) is 42.4. The van der Waals surface area contributed by atoms with Crippen LogP contribution in [0, 0.1) is 17.8 Å². The minimum Gasteiger partial charge on any atom is -0.368 e. The maximum Gasteiger partial charge on any atom is 0.399 e. The maximum atomic E-state index is 14.8. The molecule has 0 spiro atoms. The molecule has 480 valence electrons. The number of fused-ring (bicyclic) bond motifs is 1. The predicted molar refractivity (Wildman–Crippen MR) is 328 cm³/mol. The Kier molecular flexibility index (Phi) is 24.8. The van der Waals surface area contributed by atoms with Gasteiger partial charge in [-0.25, -0.2) is 0 Å². The molecule has 0 bridgehead atoms. The van der Waals surface area contributed by atoms with Crippen LogP contribution < -0.4 is 37.2 Å². The number of alkyl halides is 2. The highest BCUT2D eigenvalue weighted by atomic mass is 31.2. The maximum absolute atomic E-state index is 14.8. The number of carbonyl (C=O) groups excluding carboxylic acids is 9. The van der Waals surface area contributed by atoms with E-state index in [2.05, 4.69) is 58.0 Å². The summed E-state index contributed by atoms with van der Waals surface area (Å²) < 4.78 is 47.6. The van der Waals surface area contributed by atoms with Crippen molar-refractivity contribution in [2.45, 2.75) is 166 Å². The van der Waals surface area contributed by atoms with Gasteiger partial charge in [-0.2, -0.15) is 8.78 Å². The van der Waals surface area contributed by atoms with Crippen molar-refractivity contribution in [2.75, 3.05) is 25.0 Å². The average Bonchev–Trinajstić information content (AvgIpc) is 1.74. The van der Waals surface area contributed by atoms with Crippen LogP contribution in [0.15, 0.2) is 97.1 Å². The highest BCUT2D eigenvalue weighted by molar-refractivity contribution is 7.52. The molecule has 0 aromatic heterocycles. The van der Waals surface area contributed by atoms with Crippen molar-refractivity contribution < 1.29 is 71.0 Å². The van der Waals surface area contributed by atoms with E-state index in [9.17, 15) is 66.3 Å². The Bertz CT molecular complexity index is 3200. The van der Waals surface area contributed by atoms with Gasteiger partial charge in [-0.05, 0) is 116 Å². The van der Waals surface area contributed by atoms with E-state index in [0.29, 0.717) is 71.9 Å². The molecule has 4 aromatic carbocycles. The first-order valence-corrected chi connectivity index (χ1v) is 32.3. The van der Waals surface area contributed by atoms with Gasteiger partial charge in [0.15, 0.2) is 0 Å². The summed E-state index contributed by atoms with van der Waals surface area (Å²) in [4.78, 5) is 142. The number of rotatable bonds is 31. The molecule has 9 amide bonds. The van der Waals surface area contributed by atoms with Crippen LogP contribution in [-0.4, -0.2) is 118 Å². The number of amides is 9. The normalized spacial score (nSPS) is 18.7. The van der Waals surface area contributed by atoms with E-state index in [1.807, 2.05) is 19.1 Å². The summed E-state index contributed by atoms with van der Waals surface area (Å²) in [7, 11) is -5.95. The second kappa shape index (κ2) is 32.1. The second-order valence-corrected chi connectivity index (χ2v) is 25.4. The van der Waals surface area contributed by atoms with E-state index in [4.69, 9.17) is 4.74 Å². The smallest absolute Gasteiger partial charge is 0.368 e. The Balaban J connectivity index is 1.03. The monoisotopic (exact) mass is 1250 g/mol. The third-order valence-electron chi connectivity index (χ3n) is 16.8. The van der Waals surface area contributed by atoms with Crippen LogP contribution in [0.3, 0.4) is 0 Å². The summed E-state index contributed by atoms with van der Waals surface area (Å²) in [5, 5.41) is 19.2. The number of hydrogen-bond acceptors (Lipinski definition) is 11. The summed E-state index contributed by atoms with van der Waals surface area (Å²) in [5.41, 5.74) is -1.82. The Morgan fingerprint density at radius 1 is 0.719 bits per heavy atom. The number of hydrogen-bond donors (Lipinski definition) is 9.